The second-order valence-electron chi connectivity index (χ2n) is 7.22. The molecule has 1 fully saturated rings. The van der Waals surface area contributed by atoms with Crippen LogP contribution in [0.4, 0.5) is 14.5 Å². The van der Waals surface area contributed by atoms with Crippen LogP contribution in [-0.4, -0.2) is 51.0 Å². The molecule has 0 aliphatic carbocycles. The number of piperidine rings is 1. The number of anilines is 1. The van der Waals surface area contributed by atoms with Crippen molar-refractivity contribution in [2.75, 3.05) is 32.1 Å². The zero-order valence-electron chi connectivity index (χ0n) is 17.6. The summed E-state index contributed by atoms with van der Waals surface area (Å²) in [7, 11) is 3.28. The van der Waals surface area contributed by atoms with Crippen LogP contribution in [0.25, 0.3) is 0 Å². The SMILES string of the molecule is CN=C(NCc1cc(OC)ccc1O)NC1CCCN(c2ccc(OC(F)F)cc2)C1. The van der Waals surface area contributed by atoms with E-state index in [1.54, 1.807) is 56.6 Å². The van der Waals surface area contributed by atoms with E-state index in [0.717, 1.165) is 31.6 Å². The quantitative estimate of drug-likeness (QED) is 0.458. The van der Waals surface area contributed by atoms with Gasteiger partial charge in [0.05, 0.1) is 7.11 Å². The second-order valence-corrected chi connectivity index (χ2v) is 7.22. The standard InChI is InChI=1S/C22H28F2N4O3/c1-25-22(26-13-15-12-19(30-2)9-10-20(15)29)27-16-4-3-11-28(14-16)17-5-7-18(8-6-17)31-21(23)24/h5-10,12,16,21,29H,3-4,11,13-14H2,1-2H3,(H2,25,26,27). The van der Waals surface area contributed by atoms with Crippen molar-refractivity contribution in [3.05, 3.63) is 48.0 Å². The number of nitrogens with zero attached hydrogens (tertiary/aromatic N) is 2. The minimum absolute atomic E-state index is 0.149. The summed E-state index contributed by atoms with van der Waals surface area (Å²) in [6, 6.07) is 11.9. The van der Waals surface area contributed by atoms with Gasteiger partial charge in [-0.3, -0.25) is 4.99 Å². The molecule has 2 aromatic rings. The number of nitrogens with one attached hydrogen (secondary N) is 2. The fourth-order valence-corrected chi connectivity index (χ4v) is 3.57. The van der Waals surface area contributed by atoms with Gasteiger partial charge in [0.25, 0.3) is 0 Å². The molecule has 1 saturated heterocycles. The van der Waals surface area contributed by atoms with Crippen LogP contribution in [0.5, 0.6) is 17.2 Å². The lowest BCUT2D eigenvalue weighted by atomic mass is 10.0. The molecular weight excluding hydrogens is 406 g/mol. The van der Waals surface area contributed by atoms with Crippen molar-refractivity contribution in [2.24, 2.45) is 4.99 Å². The van der Waals surface area contributed by atoms with Crippen molar-refractivity contribution >= 4 is 11.6 Å². The molecule has 2 aromatic carbocycles. The van der Waals surface area contributed by atoms with Gasteiger partial charge in [-0.2, -0.15) is 8.78 Å². The fourth-order valence-electron chi connectivity index (χ4n) is 3.57. The maximum Gasteiger partial charge on any atom is 0.387 e. The van der Waals surface area contributed by atoms with Gasteiger partial charge in [0.1, 0.15) is 17.2 Å². The Hall–Kier alpha value is -3.23. The molecule has 1 atom stereocenters. The van der Waals surface area contributed by atoms with Gasteiger partial charge in [0.15, 0.2) is 5.96 Å². The first-order chi connectivity index (χ1) is 15.0. The number of phenolic OH excluding ortho intramolecular Hbond substituents is 1. The Morgan fingerprint density at radius 3 is 2.65 bits per heavy atom. The average molecular weight is 434 g/mol. The van der Waals surface area contributed by atoms with Gasteiger partial charge in [-0.15, -0.1) is 0 Å². The highest BCUT2D eigenvalue weighted by Gasteiger charge is 2.21. The highest BCUT2D eigenvalue weighted by atomic mass is 19.3. The lowest BCUT2D eigenvalue weighted by Crippen LogP contribution is -2.51. The molecule has 1 heterocycles. The van der Waals surface area contributed by atoms with Gasteiger partial charge in [0.2, 0.25) is 0 Å². The summed E-state index contributed by atoms with van der Waals surface area (Å²) in [5.41, 5.74) is 1.66. The van der Waals surface area contributed by atoms with Crippen molar-refractivity contribution in [1.29, 1.82) is 0 Å². The van der Waals surface area contributed by atoms with Crippen molar-refractivity contribution in [2.45, 2.75) is 32.0 Å². The molecule has 0 aromatic heterocycles. The fraction of sp³-hybridized carbons (Fsp3) is 0.409. The van der Waals surface area contributed by atoms with Crippen LogP contribution in [0.3, 0.4) is 0 Å². The molecule has 0 bridgehead atoms. The lowest BCUT2D eigenvalue weighted by Gasteiger charge is -2.35. The van der Waals surface area contributed by atoms with Gasteiger partial charge in [-0.05, 0) is 55.3 Å². The number of benzene rings is 2. The maximum atomic E-state index is 12.3. The molecule has 3 rings (SSSR count). The summed E-state index contributed by atoms with van der Waals surface area (Å²) in [5.74, 6) is 1.64. The van der Waals surface area contributed by atoms with Crippen molar-refractivity contribution < 1.29 is 23.4 Å². The minimum Gasteiger partial charge on any atom is -0.508 e. The summed E-state index contributed by atoms with van der Waals surface area (Å²) in [6.45, 7) is -0.797. The topological polar surface area (TPSA) is 78.4 Å². The second kappa shape index (κ2) is 10.7. The van der Waals surface area contributed by atoms with Crippen LogP contribution < -0.4 is 25.0 Å². The zero-order valence-corrected chi connectivity index (χ0v) is 17.6. The third kappa shape index (κ3) is 6.37. The largest absolute Gasteiger partial charge is 0.508 e. The number of ether oxygens (including phenoxy) is 2. The number of guanidine groups is 1. The molecule has 168 valence electrons. The first-order valence-electron chi connectivity index (χ1n) is 10.1. The van der Waals surface area contributed by atoms with Crippen LogP contribution in [0.2, 0.25) is 0 Å². The molecule has 1 aliphatic heterocycles. The smallest absolute Gasteiger partial charge is 0.387 e. The number of aliphatic imine (C=N–C) groups is 1. The molecule has 31 heavy (non-hydrogen) atoms. The summed E-state index contributed by atoms with van der Waals surface area (Å²) < 4.78 is 34.3. The van der Waals surface area contributed by atoms with Gasteiger partial charge in [0, 0.05) is 44.0 Å². The Kier molecular flexibility index (Phi) is 7.75. The van der Waals surface area contributed by atoms with Gasteiger partial charge in [-0.1, -0.05) is 0 Å². The van der Waals surface area contributed by atoms with E-state index in [9.17, 15) is 13.9 Å². The van der Waals surface area contributed by atoms with Gasteiger partial charge < -0.3 is 30.1 Å². The van der Waals surface area contributed by atoms with Crippen LogP contribution in [-0.2, 0) is 6.54 Å². The van der Waals surface area contributed by atoms with E-state index in [4.69, 9.17) is 4.74 Å². The first-order valence-corrected chi connectivity index (χ1v) is 10.1. The third-order valence-corrected chi connectivity index (χ3v) is 5.15. The van der Waals surface area contributed by atoms with Crippen molar-refractivity contribution in [3.8, 4) is 17.2 Å². The molecular formula is C22H28F2N4O3. The number of hydrogen-bond acceptors (Lipinski definition) is 5. The first kappa shape index (κ1) is 22.5. The summed E-state index contributed by atoms with van der Waals surface area (Å²) in [6.07, 6.45) is 1.97. The normalized spacial score (nSPS) is 16.9. The van der Waals surface area contributed by atoms with Crippen LogP contribution in [0.1, 0.15) is 18.4 Å². The van der Waals surface area contributed by atoms with Gasteiger partial charge in [-0.25, -0.2) is 0 Å². The predicted molar refractivity (Wildman–Crippen MR) is 116 cm³/mol. The number of alkyl halides is 2. The minimum atomic E-state index is -2.83. The summed E-state index contributed by atoms with van der Waals surface area (Å²) >= 11 is 0. The monoisotopic (exact) mass is 434 g/mol. The Morgan fingerprint density at radius 2 is 1.97 bits per heavy atom. The summed E-state index contributed by atoms with van der Waals surface area (Å²) in [4.78, 5) is 6.48. The third-order valence-electron chi connectivity index (χ3n) is 5.15. The number of hydrogen-bond donors (Lipinski definition) is 3. The average Bonchev–Trinajstić information content (AvgIpc) is 2.78. The van der Waals surface area contributed by atoms with Crippen LogP contribution in [0.15, 0.2) is 47.5 Å². The number of rotatable bonds is 7. The van der Waals surface area contributed by atoms with E-state index in [0.29, 0.717) is 23.8 Å². The zero-order chi connectivity index (χ0) is 22.2. The molecule has 0 saturated carbocycles. The van der Waals surface area contributed by atoms with Crippen molar-refractivity contribution in [3.63, 3.8) is 0 Å². The molecule has 1 unspecified atom stereocenters. The van der Waals surface area contributed by atoms with E-state index in [1.807, 2.05) is 0 Å². The maximum absolute atomic E-state index is 12.3. The molecule has 0 radical (unpaired) electrons. The van der Waals surface area contributed by atoms with Gasteiger partial charge >= 0.3 is 6.61 Å². The highest BCUT2D eigenvalue weighted by molar-refractivity contribution is 5.80. The number of aromatic hydroxyl groups is 1. The van der Waals surface area contributed by atoms with Crippen LogP contribution >= 0.6 is 0 Å². The molecule has 7 nitrogen and oxygen atoms in total. The molecule has 1 aliphatic rings. The highest BCUT2D eigenvalue weighted by Crippen LogP contribution is 2.24. The van der Waals surface area contributed by atoms with E-state index in [-0.39, 0.29) is 17.5 Å². The Bertz CT molecular complexity index is 878. The van der Waals surface area contributed by atoms with Crippen molar-refractivity contribution in [1.82, 2.24) is 10.6 Å². The number of halogens is 2. The summed E-state index contributed by atoms with van der Waals surface area (Å²) in [5, 5.41) is 16.7. The lowest BCUT2D eigenvalue weighted by molar-refractivity contribution is -0.0498. The molecule has 0 amide bonds. The molecule has 9 heteroatoms. The van der Waals surface area contributed by atoms with E-state index in [2.05, 4.69) is 25.3 Å². The Labute approximate surface area is 180 Å². The predicted octanol–water partition coefficient (Wildman–Crippen LogP) is 3.34. The Balaban J connectivity index is 1.56. The van der Waals surface area contributed by atoms with E-state index in [1.165, 1.54) is 0 Å². The Morgan fingerprint density at radius 1 is 1.23 bits per heavy atom. The van der Waals surface area contributed by atoms with E-state index < -0.39 is 6.61 Å². The molecule has 3 N–H and O–H groups in total. The number of phenols is 1. The van der Waals surface area contributed by atoms with E-state index >= 15 is 0 Å². The molecule has 0 spiro atoms. The van der Waals surface area contributed by atoms with Crippen LogP contribution in [0, 0.1) is 0 Å². The number of methoxy groups -OCH3 is 1.